The summed E-state index contributed by atoms with van der Waals surface area (Å²) in [5.74, 6) is 0.165. The van der Waals surface area contributed by atoms with Gasteiger partial charge < -0.3 is 5.73 Å². The lowest BCUT2D eigenvalue weighted by Gasteiger charge is -2.26. The van der Waals surface area contributed by atoms with Crippen LogP contribution in [0, 0.1) is 0 Å². The van der Waals surface area contributed by atoms with Gasteiger partial charge >= 0.3 is 0 Å². The lowest BCUT2D eigenvalue weighted by Crippen LogP contribution is -2.29. The number of carbonyl (C=O) groups excluding carboxylic acids is 1. The van der Waals surface area contributed by atoms with E-state index in [1.54, 1.807) is 18.2 Å². The van der Waals surface area contributed by atoms with Gasteiger partial charge in [0.25, 0.3) is 5.56 Å². The van der Waals surface area contributed by atoms with Crippen molar-refractivity contribution >= 4 is 40.2 Å². The van der Waals surface area contributed by atoms with Crippen molar-refractivity contribution in [3.63, 3.8) is 0 Å². The van der Waals surface area contributed by atoms with Crippen molar-refractivity contribution in [2.75, 3.05) is 5.75 Å². The van der Waals surface area contributed by atoms with Crippen molar-refractivity contribution in [2.45, 2.75) is 49.7 Å². The maximum atomic E-state index is 13.0. The van der Waals surface area contributed by atoms with E-state index in [1.807, 2.05) is 4.57 Å². The van der Waals surface area contributed by atoms with E-state index in [9.17, 15) is 9.59 Å². The Morgan fingerprint density at radius 1 is 1.33 bits per heavy atom. The topological polar surface area (TPSA) is 78.0 Å². The van der Waals surface area contributed by atoms with Gasteiger partial charge in [0.05, 0.1) is 10.9 Å². The molecule has 1 heterocycles. The second kappa shape index (κ2) is 7.57. The number of hydrogen-bond donors (Lipinski definition) is 1. The Kier molecular flexibility index (Phi) is 5.46. The summed E-state index contributed by atoms with van der Waals surface area (Å²) in [6.45, 7) is 0. The number of amides is 1. The second-order valence-electron chi connectivity index (χ2n) is 6.09. The maximum absolute atomic E-state index is 13.0. The van der Waals surface area contributed by atoms with E-state index >= 15 is 0 Å². The van der Waals surface area contributed by atoms with Crippen LogP contribution in [0.3, 0.4) is 0 Å². The molecular weight excluding hydrogens is 346 g/mol. The zero-order valence-corrected chi connectivity index (χ0v) is 14.9. The van der Waals surface area contributed by atoms with Gasteiger partial charge in [-0.2, -0.15) is 0 Å². The Hall–Kier alpha value is -1.53. The van der Waals surface area contributed by atoms with Crippen LogP contribution in [-0.4, -0.2) is 21.2 Å². The fourth-order valence-electron chi connectivity index (χ4n) is 3.16. The average Bonchev–Trinajstić information content (AvgIpc) is 2.55. The Morgan fingerprint density at radius 3 is 2.79 bits per heavy atom. The Balaban J connectivity index is 2.06. The first-order valence-corrected chi connectivity index (χ1v) is 9.55. The summed E-state index contributed by atoms with van der Waals surface area (Å²) in [7, 11) is 0. The fourth-order valence-corrected chi connectivity index (χ4v) is 4.34. The van der Waals surface area contributed by atoms with Crippen LogP contribution in [0.4, 0.5) is 0 Å². The van der Waals surface area contributed by atoms with Crippen LogP contribution < -0.4 is 11.3 Å². The summed E-state index contributed by atoms with van der Waals surface area (Å²) < 4.78 is 1.82. The van der Waals surface area contributed by atoms with Crippen LogP contribution in [0.1, 0.15) is 44.6 Å². The molecule has 2 N–H and O–H groups in total. The third-order valence-electron chi connectivity index (χ3n) is 4.35. The number of aromatic nitrogens is 2. The molecule has 0 atom stereocenters. The van der Waals surface area contributed by atoms with Gasteiger partial charge in [-0.05, 0) is 31.0 Å². The molecular formula is C17H20ClN3O2S. The van der Waals surface area contributed by atoms with E-state index in [-0.39, 0.29) is 23.9 Å². The Morgan fingerprint density at radius 2 is 2.08 bits per heavy atom. The van der Waals surface area contributed by atoms with Gasteiger partial charge in [-0.25, -0.2) is 4.98 Å². The number of benzene rings is 1. The molecule has 5 nitrogen and oxygen atoms in total. The van der Waals surface area contributed by atoms with E-state index in [4.69, 9.17) is 17.3 Å². The molecule has 3 rings (SSSR count). The van der Waals surface area contributed by atoms with E-state index in [2.05, 4.69) is 4.98 Å². The van der Waals surface area contributed by atoms with Crippen molar-refractivity contribution in [1.82, 2.24) is 9.55 Å². The quantitative estimate of drug-likeness (QED) is 0.649. The summed E-state index contributed by atoms with van der Waals surface area (Å²) in [6.07, 6.45) is 5.71. The molecule has 1 aliphatic carbocycles. The third-order valence-corrected chi connectivity index (χ3v) is 5.54. The van der Waals surface area contributed by atoms with Crippen LogP contribution >= 0.6 is 23.4 Å². The van der Waals surface area contributed by atoms with Gasteiger partial charge in [-0.15, -0.1) is 0 Å². The van der Waals surface area contributed by atoms with E-state index in [0.717, 1.165) is 25.7 Å². The van der Waals surface area contributed by atoms with Crippen molar-refractivity contribution in [2.24, 2.45) is 5.73 Å². The molecule has 24 heavy (non-hydrogen) atoms. The van der Waals surface area contributed by atoms with Crippen molar-refractivity contribution < 1.29 is 4.79 Å². The van der Waals surface area contributed by atoms with Gasteiger partial charge in [0.15, 0.2) is 5.16 Å². The maximum Gasteiger partial charge on any atom is 0.262 e. The molecule has 0 radical (unpaired) electrons. The number of carbonyl (C=O) groups is 1. The number of hydrogen-bond acceptors (Lipinski definition) is 4. The van der Waals surface area contributed by atoms with Gasteiger partial charge in [-0.3, -0.25) is 14.2 Å². The lowest BCUT2D eigenvalue weighted by molar-refractivity contribution is -0.117. The predicted molar refractivity (Wildman–Crippen MR) is 97.7 cm³/mol. The number of primary amides is 1. The van der Waals surface area contributed by atoms with Crippen LogP contribution in [0.25, 0.3) is 10.9 Å². The van der Waals surface area contributed by atoms with Crippen molar-refractivity contribution in [3.8, 4) is 0 Å². The van der Waals surface area contributed by atoms with Gasteiger partial charge in [0.2, 0.25) is 5.91 Å². The molecule has 0 spiro atoms. The average molecular weight is 366 g/mol. The standard InChI is InChI=1S/C17H20ClN3O2S/c18-11-6-7-13-14(10-11)20-17(24-9-8-15(19)22)21(16(13)23)12-4-2-1-3-5-12/h6-7,10,12H,1-5,8-9H2,(H2,19,22). The SMILES string of the molecule is NC(=O)CCSc1nc2cc(Cl)ccc2c(=O)n1C1CCCCC1. The van der Waals surface area contributed by atoms with E-state index < -0.39 is 0 Å². The van der Waals surface area contributed by atoms with Crippen LogP contribution in [0.5, 0.6) is 0 Å². The van der Waals surface area contributed by atoms with Crippen LogP contribution in [-0.2, 0) is 4.79 Å². The highest BCUT2D eigenvalue weighted by atomic mass is 35.5. The van der Waals surface area contributed by atoms with E-state index in [0.29, 0.717) is 26.8 Å². The molecule has 7 heteroatoms. The number of rotatable bonds is 5. The molecule has 1 aromatic heterocycles. The van der Waals surface area contributed by atoms with Gasteiger partial charge in [-0.1, -0.05) is 42.6 Å². The largest absolute Gasteiger partial charge is 0.370 e. The number of nitrogens with zero attached hydrogens (tertiary/aromatic N) is 2. The highest BCUT2D eigenvalue weighted by molar-refractivity contribution is 7.99. The van der Waals surface area contributed by atoms with Crippen LogP contribution in [0.2, 0.25) is 5.02 Å². The molecule has 1 aliphatic rings. The molecule has 1 fully saturated rings. The summed E-state index contributed by atoms with van der Waals surface area (Å²) in [5, 5.41) is 1.80. The minimum absolute atomic E-state index is 0.0230. The molecule has 2 aromatic rings. The van der Waals surface area contributed by atoms with Gasteiger partial charge in [0.1, 0.15) is 0 Å². The Labute approximate surface area is 149 Å². The smallest absolute Gasteiger partial charge is 0.262 e. The predicted octanol–water partition coefficient (Wildman–Crippen LogP) is 3.52. The first-order valence-electron chi connectivity index (χ1n) is 8.19. The zero-order valence-electron chi connectivity index (χ0n) is 13.3. The minimum atomic E-state index is -0.349. The number of thioether (sulfide) groups is 1. The molecule has 0 saturated heterocycles. The minimum Gasteiger partial charge on any atom is -0.370 e. The third kappa shape index (κ3) is 3.75. The summed E-state index contributed by atoms with van der Waals surface area (Å²) in [6, 6.07) is 5.35. The van der Waals surface area contributed by atoms with E-state index in [1.165, 1.54) is 18.2 Å². The molecule has 1 aromatic carbocycles. The molecule has 1 amide bonds. The first kappa shape index (κ1) is 17.3. The first-order chi connectivity index (χ1) is 11.6. The Bertz CT molecular complexity index is 815. The summed E-state index contributed by atoms with van der Waals surface area (Å²) >= 11 is 7.45. The fraction of sp³-hybridized carbons (Fsp3) is 0.471. The summed E-state index contributed by atoms with van der Waals surface area (Å²) in [4.78, 5) is 28.7. The molecule has 0 unspecified atom stereocenters. The number of nitrogens with two attached hydrogens (primary N) is 1. The number of halogens is 1. The van der Waals surface area contributed by atoms with Gasteiger partial charge in [0, 0.05) is 23.2 Å². The second-order valence-corrected chi connectivity index (χ2v) is 7.59. The molecule has 0 aliphatic heterocycles. The van der Waals surface area contributed by atoms with Crippen molar-refractivity contribution in [3.05, 3.63) is 33.6 Å². The number of fused-ring (bicyclic) bond motifs is 1. The molecule has 128 valence electrons. The molecule has 1 saturated carbocycles. The lowest BCUT2D eigenvalue weighted by atomic mass is 9.95. The normalized spacial score (nSPS) is 15.7. The van der Waals surface area contributed by atoms with Crippen LogP contribution in [0.15, 0.2) is 28.2 Å². The van der Waals surface area contributed by atoms with Crippen molar-refractivity contribution in [1.29, 1.82) is 0 Å². The monoisotopic (exact) mass is 365 g/mol. The highest BCUT2D eigenvalue weighted by Gasteiger charge is 2.22. The molecule has 0 bridgehead atoms. The summed E-state index contributed by atoms with van der Waals surface area (Å²) in [5.41, 5.74) is 5.79. The zero-order chi connectivity index (χ0) is 17.1. The highest BCUT2D eigenvalue weighted by Crippen LogP contribution is 2.31.